The lowest BCUT2D eigenvalue weighted by Gasteiger charge is -2.30. The SMILES string of the molecule is Cc1cccc(C=NNCC(=O)N2c3ccccc3Sc3ccccc32)c1. The van der Waals surface area contributed by atoms with Crippen LogP contribution < -0.4 is 10.3 Å². The standard InChI is InChI=1S/C22H19N3OS/c1-16-7-6-8-17(13-16)14-23-24-15-22(26)25-18-9-2-4-11-20(18)27-21-12-5-3-10-19(21)25/h2-14,24H,15H2,1H3. The van der Waals surface area contributed by atoms with Crippen molar-refractivity contribution < 1.29 is 4.79 Å². The van der Waals surface area contributed by atoms with Crippen LogP contribution in [0.3, 0.4) is 0 Å². The van der Waals surface area contributed by atoms with E-state index in [-0.39, 0.29) is 12.5 Å². The van der Waals surface area contributed by atoms with Crippen molar-refractivity contribution in [3.05, 3.63) is 83.9 Å². The molecule has 0 saturated carbocycles. The highest BCUT2D eigenvalue weighted by Gasteiger charge is 2.27. The van der Waals surface area contributed by atoms with Crippen molar-refractivity contribution >= 4 is 35.3 Å². The number of nitrogens with zero attached hydrogens (tertiary/aromatic N) is 2. The zero-order valence-corrected chi connectivity index (χ0v) is 15.7. The molecule has 4 nitrogen and oxygen atoms in total. The van der Waals surface area contributed by atoms with Gasteiger partial charge in [0.25, 0.3) is 5.91 Å². The number of hydrogen-bond acceptors (Lipinski definition) is 4. The highest BCUT2D eigenvalue weighted by atomic mass is 32.2. The van der Waals surface area contributed by atoms with Crippen LogP contribution in [0.5, 0.6) is 0 Å². The normalized spacial score (nSPS) is 12.6. The maximum atomic E-state index is 13.0. The lowest BCUT2D eigenvalue weighted by atomic mass is 10.2. The highest BCUT2D eigenvalue weighted by molar-refractivity contribution is 7.99. The minimum Gasteiger partial charge on any atom is -0.301 e. The Kier molecular flexibility index (Phi) is 4.94. The van der Waals surface area contributed by atoms with Crippen molar-refractivity contribution in [2.45, 2.75) is 16.7 Å². The number of para-hydroxylation sites is 2. The molecule has 4 rings (SSSR count). The Labute approximate surface area is 162 Å². The summed E-state index contributed by atoms with van der Waals surface area (Å²) in [6.07, 6.45) is 1.73. The molecule has 0 fully saturated rings. The lowest BCUT2D eigenvalue weighted by Crippen LogP contribution is -2.35. The zero-order chi connectivity index (χ0) is 18.6. The van der Waals surface area contributed by atoms with Gasteiger partial charge in [-0.3, -0.25) is 9.69 Å². The number of nitrogens with one attached hydrogen (secondary N) is 1. The first-order chi connectivity index (χ1) is 13.2. The van der Waals surface area contributed by atoms with E-state index in [2.05, 4.69) is 10.5 Å². The number of hydrazone groups is 1. The van der Waals surface area contributed by atoms with Crippen LogP contribution in [0, 0.1) is 6.92 Å². The van der Waals surface area contributed by atoms with E-state index < -0.39 is 0 Å². The van der Waals surface area contributed by atoms with Crippen molar-refractivity contribution in [3.63, 3.8) is 0 Å². The smallest absolute Gasteiger partial charge is 0.252 e. The second-order valence-electron chi connectivity index (χ2n) is 6.27. The molecule has 1 aliphatic heterocycles. The van der Waals surface area contributed by atoms with Crippen molar-refractivity contribution in [2.24, 2.45) is 5.10 Å². The van der Waals surface area contributed by atoms with E-state index in [0.29, 0.717) is 0 Å². The van der Waals surface area contributed by atoms with Crippen LogP contribution in [0.15, 0.2) is 87.7 Å². The Bertz CT molecular complexity index is 970. The Balaban J connectivity index is 1.52. The second kappa shape index (κ2) is 7.68. The van der Waals surface area contributed by atoms with Crippen LogP contribution in [0.4, 0.5) is 11.4 Å². The quantitative estimate of drug-likeness (QED) is 0.530. The van der Waals surface area contributed by atoms with Gasteiger partial charge in [-0.15, -0.1) is 0 Å². The summed E-state index contributed by atoms with van der Waals surface area (Å²) < 4.78 is 0. The Morgan fingerprint density at radius 1 is 1.00 bits per heavy atom. The molecule has 1 heterocycles. The lowest BCUT2D eigenvalue weighted by molar-refractivity contribution is -0.117. The molecule has 1 amide bonds. The van der Waals surface area contributed by atoms with Crippen LogP contribution in [-0.2, 0) is 4.79 Å². The summed E-state index contributed by atoms with van der Waals surface area (Å²) in [5.74, 6) is -0.0448. The number of carbonyl (C=O) groups excluding carboxylic acids is 1. The molecular formula is C22H19N3OS. The summed E-state index contributed by atoms with van der Waals surface area (Å²) in [5, 5.41) is 4.20. The minimum absolute atomic E-state index is 0.0448. The van der Waals surface area contributed by atoms with Gasteiger partial charge in [0.1, 0.15) is 6.54 Å². The average Bonchev–Trinajstić information content (AvgIpc) is 2.69. The number of amides is 1. The van der Waals surface area contributed by atoms with Crippen LogP contribution in [0.25, 0.3) is 0 Å². The van der Waals surface area contributed by atoms with Gasteiger partial charge in [0.05, 0.1) is 17.6 Å². The summed E-state index contributed by atoms with van der Waals surface area (Å²) in [5.41, 5.74) is 6.88. The Hall–Kier alpha value is -3.05. The molecule has 5 heteroatoms. The van der Waals surface area contributed by atoms with Crippen LogP contribution in [-0.4, -0.2) is 18.7 Å². The molecular weight excluding hydrogens is 354 g/mol. The summed E-state index contributed by atoms with van der Waals surface area (Å²) >= 11 is 1.69. The van der Waals surface area contributed by atoms with Gasteiger partial charge in [0.15, 0.2) is 0 Å². The second-order valence-corrected chi connectivity index (χ2v) is 7.36. The molecule has 27 heavy (non-hydrogen) atoms. The van der Waals surface area contributed by atoms with E-state index in [9.17, 15) is 4.79 Å². The molecule has 0 saturated heterocycles. The predicted molar refractivity (Wildman–Crippen MR) is 111 cm³/mol. The number of benzene rings is 3. The molecule has 1 aliphatic rings. The first-order valence-electron chi connectivity index (χ1n) is 8.74. The van der Waals surface area contributed by atoms with Crippen molar-refractivity contribution in [1.82, 2.24) is 5.43 Å². The molecule has 0 aliphatic carbocycles. The number of aryl methyl sites for hydroxylation is 1. The fraction of sp³-hybridized carbons (Fsp3) is 0.0909. The largest absolute Gasteiger partial charge is 0.301 e. The molecule has 0 radical (unpaired) electrons. The average molecular weight is 373 g/mol. The van der Waals surface area contributed by atoms with Gasteiger partial charge in [0, 0.05) is 9.79 Å². The van der Waals surface area contributed by atoms with Crippen molar-refractivity contribution in [2.75, 3.05) is 11.4 Å². The monoisotopic (exact) mass is 373 g/mol. The molecule has 1 N–H and O–H groups in total. The Morgan fingerprint density at radius 2 is 1.67 bits per heavy atom. The van der Waals surface area contributed by atoms with E-state index in [1.807, 2.05) is 79.7 Å². The van der Waals surface area contributed by atoms with Gasteiger partial charge in [-0.05, 0) is 36.8 Å². The summed E-state index contributed by atoms with van der Waals surface area (Å²) in [7, 11) is 0. The van der Waals surface area contributed by atoms with E-state index in [1.54, 1.807) is 22.9 Å². The summed E-state index contributed by atoms with van der Waals surface area (Å²) in [6, 6.07) is 24.0. The van der Waals surface area contributed by atoms with E-state index in [1.165, 1.54) is 5.56 Å². The van der Waals surface area contributed by atoms with Gasteiger partial charge in [-0.25, -0.2) is 0 Å². The third-order valence-corrected chi connectivity index (χ3v) is 5.39. The first-order valence-corrected chi connectivity index (χ1v) is 9.55. The number of carbonyl (C=O) groups is 1. The summed E-state index contributed by atoms with van der Waals surface area (Å²) in [4.78, 5) is 16.9. The van der Waals surface area contributed by atoms with E-state index in [0.717, 1.165) is 26.7 Å². The zero-order valence-electron chi connectivity index (χ0n) is 14.9. The molecule has 0 bridgehead atoms. The van der Waals surface area contributed by atoms with Gasteiger partial charge < -0.3 is 5.43 Å². The van der Waals surface area contributed by atoms with Gasteiger partial charge in [-0.1, -0.05) is 65.9 Å². The highest BCUT2D eigenvalue weighted by Crippen LogP contribution is 2.47. The van der Waals surface area contributed by atoms with Crippen LogP contribution in [0.2, 0.25) is 0 Å². The maximum Gasteiger partial charge on any atom is 0.252 e. The van der Waals surface area contributed by atoms with Gasteiger partial charge in [-0.2, -0.15) is 5.10 Å². The maximum absolute atomic E-state index is 13.0. The summed E-state index contributed by atoms with van der Waals surface area (Å²) in [6.45, 7) is 2.16. The van der Waals surface area contributed by atoms with Crippen molar-refractivity contribution in [3.8, 4) is 0 Å². The fourth-order valence-electron chi connectivity index (χ4n) is 3.04. The molecule has 134 valence electrons. The number of rotatable bonds is 4. The first kappa shape index (κ1) is 17.4. The Morgan fingerprint density at radius 3 is 2.33 bits per heavy atom. The van der Waals surface area contributed by atoms with E-state index in [4.69, 9.17) is 0 Å². The molecule has 3 aromatic rings. The third kappa shape index (κ3) is 3.73. The number of hydrogen-bond donors (Lipinski definition) is 1. The van der Waals surface area contributed by atoms with Gasteiger partial charge in [0.2, 0.25) is 0 Å². The van der Waals surface area contributed by atoms with Gasteiger partial charge >= 0.3 is 0 Å². The number of anilines is 2. The molecule has 0 unspecified atom stereocenters. The van der Waals surface area contributed by atoms with Crippen LogP contribution in [0.1, 0.15) is 11.1 Å². The predicted octanol–water partition coefficient (Wildman–Crippen LogP) is 4.75. The third-order valence-electron chi connectivity index (χ3n) is 4.26. The molecule has 3 aromatic carbocycles. The molecule has 0 spiro atoms. The molecule has 0 atom stereocenters. The fourth-order valence-corrected chi connectivity index (χ4v) is 4.09. The van der Waals surface area contributed by atoms with Crippen molar-refractivity contribution in [1.29, 1.82) is 0 Å². The minimum atomic E-state index is -0.0448. The molecule has 0 aromatic heterocycles. The van der Waals surface area contributed by atoms with E-state index >= 15 is 0 Å². The van der Waals surface area contributed by atoms with Crippen LogP contribution >= 0.6 is 11.8 Å². The topological polar surface area (TPSA) is 44.7 Å². The number of fused-ring (bicyclic) bond motifs is 2.